The van der Waals surface area contributed by atoms with E-state index in [-0.39, 0.29) is 25.7 Å². The number of nitrogens with one attached hydrogen (secondary N) is 2. The van der Waals surface area contributed by atoms with Crippen LogP contribution in [0.25, 0.3) is 10.8 Å². The second kappa shape index (κ2) is 11.4. The van der Waals surface area contributed by atoms with Crippen molar-refractivity contribution in [3.05, 3.63) is 54.2 Å². The number of nitrogens with zero attached hydrogens (tertiary/aromatic N) is 2. The number of nitrogens with two attached hydrogens (primary N) is 1. The lowest BCUT2D eigenvalue weighted by Crippen LogP contribution is -2.55. The number of aliphatic hydroxyl groups excluding tert-OH is 1. The van der Waals surface area contributed by atoms with Gasteiger partial charge in [-0.15, -0.1) is 0 Å². The number of anilines is 3. The van der Waals surface area contributed by atoms with Gasteiger partial charge in [0.15, 0.2) is 12.2 Å². The number of aliphatic hydroxyl groups is 1. The molecule has 3 aromatic rings. The fraction of sp³-hybridized carbons (Fsp3) is 0.357. The van der Waals surface area contributed by atoms with Gasteiger partial charge in [-0.2, -0.15) is 0 Å². The summed E-state index contributed by atoms with van der Waals surface area (Å²) in [6.45, 7) is 2.62. The van der Waals surface area contributed by atoms with Gasteiger partial charge in [0.25, 0.3) is 17.7 Å². The third-order valence-corrected chi connectivity index (χ3v) is 7.15. The minimum Gasteiger partial charge on any atom is -0.464 e. The maximum Gasteiger partial charge on any atom is 0.328 e. The number of likely N-dealkylation sites (tertiary alicyclic amines) is 1. The highest BCUT2D eigenvalue weighted by Gasteiger charge is 2.40. The van der Waals surface area contributed by atoms with E-state index in [9.17, 15) is 24.3 Å². The second-order valence-electron chi connectivity index (χ2n) is 9.68. The van der Waals surface area contributed by atoms with E-state index in [1.807, 2.05) is 0 Å². The van der Waals surface area contributed by atoms with Gasteiger partial charge in [-0.25, -0.2) is 4.79 Å². The molecule has 0 bridgehead atoms. The van der Waals surface area contributed by atoms with Gasteiger partial charge in [0.1, 0.15) is 11.9 Å². The molecule has 0 spiro atoms. The molecule has 0 aliphatic carbocycles. The first-order valence-electron chi connectivity index (χ1n) is 13.1. The first-order chi connectivity index (χ1) is 19.3. The summed E-state index contributed by atoms with van der Waals surface area (Å²) in [6, 6.07) is 10.9. The predicted molar refractivity (Wildman–Crippen MR) is 147 cm³/mol. The smallest absolute Gasteiger partial charge is 0.328 e. The zero-order valence-electron chi connectivity index (χ0n) is 22.0. The van der Waals surface area contributed by atoms with Crippen molar-refractivity contribution < 1.29 is 33.8 Å². The summed E-state index contributed by atoms with van der Waals surface area (Å²) in [5.74, 6) is -1.68. The molecule has 12 nitrogen and oxygen atoms in total. The molecule has 12 heteroatoms. The lowest BCUT2D eigenvalue weighted by Gasteiger charge is -2.34. The molecule has 0 unspecified atom stereocenters. The van der Waals surface area contributed by atoms with Crippen molar-refractivity contribution in [3.63, 3.8) is 0 Å². The number of nitrogen functional groups attached to an aromatic ring is 1. The summed E-state index contributed by atoms with van der Waals surface area (Å²) >= 11 is 0. The van der Waals surface area contributed by atoms with E-state index >= 15 is 0 Å². The third-order valence-electron chi connectivity index (χ3n) is 7.15. The SMILES string of the molecule is CCOC(=O)[C@@H]1CCCN1C(=O)c1cccc(N2CCO[C@H]([C@@H](O)C(=O)Nc3ccc4c(N)[nH]cc4c3)C2=O)c1. The highest BCUT2D eigenvalue weighted by atomic mass is 16.5. The first-order valence-corrected chi connectivity index (χ1v) is 13.1. The summed E-state index contributed by atoms with van der Waals surface area (Å²) in [7, 11) is 0. The molecule has 0 radical (unpaired) electrons. The van der Waals surface area contributed by atoms with Crippen molar-refractivity contribution in [1.29, 1.82) is 0 Å². The van der Waals surface area contributed by atoms with Crippen LogP contribution in [0.15, 0.2) is 48.7 Å². The number of H-pyrrole nitrogens is 1. The highest BCUT2D eigenvalue weighted by molar-refractivity contribution is 6.05. The zero-order valence-corrected chi connectivity index (χ0v) is 22.0. The van der Waals surface area contributed by atoms with Crippen LogP contribution in [0.3, 0.4) is 0 Å². The largest absolute Gasteiger partial charge is 0.464 e. The van der Waals surface area contributed by atoms with Crippen LogP contribution in [-0.4, -0.2) is 83.2 Å². The van der Waals surface area contributed by atoms with Gasteiger partial charge in [0, 0.05) is 47.0 Å². The van der Waals surface area contributed by atoms with Gasteiger partial charge < -0.3 is 40.4 Å². The number of amides is 3. The Kier molecular flexibility index (Phi) is 7.71. The molecule has 5 rings (SSSR count). The summed E-state index contributed by atoms with van der Waals surface area (Å²) in [4.78, 5) is 57.6. The fourth-order valence-corrected chi connectivity index (χ4v) is 5.15. The van der Waals surface area contributed by atoms with Crippen LogP contribution >= 0.6 is 0 Å². The van der Waals surface area contributed by atoms with Crippen LogP contribution in [0.5, 0.6) is 0 Å². The molecule has 210 valence electrons. The van der Waals surface area contributed by atoms with Crippen LogP contribution < -0.4 is 16.0 Å². The lowest BCUT2D eigenvalue weighted by atomic mass is 10.1. The van der Waals surface area contributed by atoms with Crippen LogP contribution in [0.4, 0.5) is 17.2 Å². The maximum absolute atomic E-state index is 13.3. The van der Waals surface area contributed by atoms with Crippen molar-refractivity contribution in [2.75, 3.05) is 42.3 Å². The Balaban J connectivity index is 1.28. The summed E-state index contributed by atoms with van der Waals surface area (Å²) < 4.78 is 10.6. The van der Waals surface area contributed by atoms with Crippen molar-refractivity contribution in [3.8, 4) is 0 Å². The van der Waals surface area contributed by atoms with Crippen molar-refractivity contribution in [2.24, 2.45) is 0 Å². The van der Waals surface area contributed by atoms with E-state index in [0.717, 1.165) is 10.8 Å². The highest BCUT2D eigenvalue weighted by Crippen LogP contribution is 2.27. The Morgan fingerprint density at radius 3 is 2.85 bits per heavy atom. The van der Waals surface area contributed by atoms with Crippen LogP contribution in [0.2, 0.25) is 0 Å². The normalized spacial score (nSPS) is 20.0. The number of aromatic amines is 1. The Labute approximate surface area is 230 Å². The minimum absolute atomic E-state index is 0.0740. The zero-order chi connectivity index (χ0) is 28.4. The number of carbonyl (C=O) groups is 4. The Hall–Kier alpha value is -4.42. The van der Waals surface area contributed by atoms with E-state index < -0.39 is 36.0 Å². The van der Waals surface area contributed by atoms with Crippen LogP contribution in [0.1, 0.15) is 30.1 Å². The van der Waals surface area contributed by atoms with Gasteiger partial charge in [-0.05, 0) is 56.2 Å². The number of rotatable bonds is 7. The number of benzene rings is 2. The molecular formula is C28H31N5O7. The average molecular weight is 550 g/mol. The van der Waals surface area contributed by atoms with Crippen molar-refractivity contribution in [1.82, 2.24) is 9.88 Å². The Bertz CT molecular complexity index is 1450. The van der Waals surface area contributed by atoms with Gasteiger partial charge in [0.05, 0.1) is 13.2 Å². The number of hydrogen-bond acceptors (Lipinski definition) is 8. The average Bonchev–Trinajstić information content (AvgIpc) is 3.59. The van der Waals surface area contributed by atoms with E-state index in [1.54, 1.807) is 55.6 Å². The minimum atomic E-state index is -1.78. The quantitative estimate of drug-likeness (QED) is 0.323. The number of morpholine rings is 1. The molecule has 3 heterocycles. The van der Waals surface area contributed by atoms with Gasteiger partial charge in [0.2, 0.25) is 0 Å². The number of aromatic nitrogens is 1. The molecule has 2 fully saturated rings. The summed E-state index contributed by atoms with van der Waals surface area (Å²) in [5.41, 5.74) is 7.00. The molecule has 40 heavy (non-hydrogen) atoms. The Morgan fingerprint density at radius 1 is 1.23 bits per heavy atom. The molecule has 2 aliphatic heterocycles. The second-order valence-corrected chi connectivity index (χ2v) is 9.68. The van der Waals surface area contributed by atoms with E-state index in [1.165, 1.54) is 9.80 Å². The molecule has 2 aliphatic rings. The van der Waals surface area contributed by atoms with Crippen molar-refractivity contribution in [2.45, 2.75) is 38.0 Å². The third kappa shape index (κ3) is 5.23. The van der Waals surface area contributed by atoms with Crippen LogP contribution in [-0.2, 0) is 23.9 Å². The van der Waals surface area contributed by atoms with E-state index in [2.05, 4.69) is 10.3 Å². The Morgan fingerprint density at radius 2 is 2.05 bits per heavy atom. The summed E-state index contributed by atoms with van der Waals surface area (Å²) in [6.07, 6.45) is -0.303. The molecule has 0 saturated carbocycles. The van der Waals surface area contributed by atoms with Gasteiger partial charge in [-0.3, -0.25) is 14.4 Å². The fourth-order valence-electron chi connectivity index (χ4n) is 5.15. The topological polar surface area (TPSA) is 167 Å². The number of carbonyl (C=O) groups excluding carboxylic acids is 4. The molecule has 2 saturated heterocycles. The standard InChI is InChI=1S/C28H31N5O7/c1-2-39-28(38)21-7-4-10-33(21)26(36)16-5-3-6-19(14-16)32-11-12-40-23(27(32)37)22(34)25(35)31-18-8-9-20-17(13-18)15-30-24(20)29/h3,5-6,8-9,13-15,21-23,30,34H,2,4,7,10-12,29H2,1H3,(H,31,35)/t21-,22+,23+/m0/s1. The number of ether oxygens (including phenoxy) is 2. The molecule has 3 atom stereocenters. The summed E-state index contributed by atoms with van der Waals surface area (Å²) in [5, 5.41) is 14.9. The molecule has 5 N–H and O–H groups in total. The van der Waals surface area contributed by atoms with Crippen molar-refractivity contribution >= 4 is 51.7 Å². The number of esters is 1. The van der Waals surface area contributed by atoms with Crippen LogP contribution in [0, 0.1) is 0 Å². The van der Waals surface area contributed by atoms with E-state index in [0.29, 0.717) is 42.1 Å². The maximum atomic E-state index is 13.3. The lowest BCUT2D eigenvalue weighted by molar-refractivity contribution is -0.150. The molecule has 3 amide bonds. The number of hydrogen-bond donors (Lipinski definition) is 4. The van der Waals surface area contributed by atoms with Gasteiger partial charge in [-0.1, -0.05) is 6.07 Å². The van der Waals surface area contributed by atoms with Gasteiger partial charge >= 0.3 is 5.97 Å². The first kappa shape index (κ1) is 27.2. The van der Waals surface area contributed by atoms with E-state index in [4.69, 9.17) is 15.2 Å². The monoisotopic (exact) mass is 549 g/mol. The molecule has 2 aromatic carbocycles. The number of fused-ring (bicyclic) bond motifs is 1. The predicted octanol–water partition coefficient (Wildman–Crippen LogP) is 1.65. The molecular weight excluding hydrogens is 518 g/mol. The molecule has 1 aromatic heterocycles.